The molecule has 8 rings (SSSR count). The molecule has 3 N–H and O–H groups in total. The minimum atomic E-state index is -0.446. The van der Waals surface area contributed by atoms with E-state index in [9.17, 15) is 28.8 Å². The van der Waals surface area contributed by atoms with Gasteiger partial charge in [0.1, 0.15) is 24.6 Å². The lowest BCUT2D eigenvalue weighted by atomic mass is 9.95. The van der Waals surface area contributed by atoms with Gasteiger partial charge in [0, 0.05) is 128 Å². The maximum atomic E-state index is 13.8. The third kappa shape index (κ3) is 21.9. The van der Waals surface area contributed by atoms with Crippen molar-refractivity contribution in [2.24, 2.45) is 0 Å². The first-order chi connectivity index (χ1) is 45.1. The highest BCUT2D eigenvalue weighted by Gasteiger charge is 2.31. The zero-order chi connectivity index (χ0) is 65.1. The van der Waals surface area contributed by atoms with Crippen LogP contribution in [-0.2, 0) is 78.6 Å². The molecule has 4 heterocycles. The maximum Gasteiger partial charge on any atom is 0.407 e. The highest BCUT2D eigenvalue weighted by atomic mass is 16.5. The van der Waals surface area contributed by atoms with Gasteiger partial charge in [0.05, 0.1) is 48.9 Å². The number of anilines is 2. The Kier molecular flexibility index (Phi) is 30.7. The van der Waals surface area contributed by atoms with Gasteiger partial charge in [-0.1, -0.05) is 141 Å². The molecule has 496 valence electrons. The second kappa shape index (κ2) is 39.8. The summed E-state index contributed by atoms with van der Waals surface area (Å²) in [7, 11) is 3.31. The number of rotatable bonds is 37. The summed E-state index contributed by atoms with van der Waals surface area (Å²) in [4.78, 5) is 80.2. The third-order valence-electron chi connectivity index (χ3n) is 15.5. The van der Waals surface area contributed by atoms with E-state index in [0.29, 0.717) is 110 Å². The lowest BCUT2D eigenvalue weighted by Crippen LogP contribution is -2.35. The molecule has 0 spiro atoms. The predicted octanol–water partition coefficient (Wildman–Crippen LogP) is 10.0. The fraction of sp³-hybridized carbons (Fsp3) is 0.507. The molecule has 0 unspecified atom stereocenters. The number of nitrogens with zero attached hydrogens (tertiary/aromatic N) is 8. The lowest BCUT2D eigenvalue weighted by Gasteiger charge is -2.29. The van der Waals surface area contributed by atoms with Gasteiger partial charge in [0.25, 0.3) is 0 Å². The molecular weight excluding hydrogens is 1170 g/mol. The number of benzene rings is 4. The number of methoxy groups -OCH3 is 2. The summed E-state index contributed by atoms with van der Waals surface area (Å²) in [6.45, 7) is 10.5. The molecule has 0 atom stereocenters. The average molecular weight is 1270 g/mol. The topological polar surface area (TPSA) is 262 Å². The molecular formula is C69H93N11O12. The normalized spacial score (nSPS) is 12.0. The fourth-order valence-electron chi connectivity index (χ4n) is 10.8. The number of alkyl carbamates (subject to hydrolysis) is 1. The second-order valence-corrected chi connectivity index (χ2v) is 22.5. The van der Waals surface area contributed by atoms with Gasteiger partial charge in [0.15, 0.2) is 0 Å². The number of esters is 1. The van der Waals surface area contributed by atoms with E-state index in [1.54, 1.807) is 33.4 Å². The van der Waals surface area contributed by atoms with Crippen molar-refractivity contribution < 1.29 is 57.2 Å². The van der Waals surface area contributed by atoms with Crippen LogP contribution in [0, 0.1) is 0 Å². The van der Waals surface area contributed by atoms with Gasteiger partial charge in [-0.3, -0.25) is 24.0 Å². The molecule has 0 bridgehead atoms. The van der Waals surface area contributed by atoms with Crippen LogP contribution in [0.4, 0.5) is 16.2 Å². The number of aromatic nitrogens is 6. The van der Waals surface area contributed by atoms with Crippen molar-refractivity contribution in [1.82, 2.24) is 45.9 Å². The largest absolute Gasteiger partial charge is 0.464 e. The van der Waals surface area contributed by atoms with Crippen LogP contribution >= 0.6 is 0 Å². The van der Waals surface area contributed by atoms with Crippen molar-refractivity contribution in [3.05, 3.63) is 108 Å². The van der Waals surface area contributed by atoms with Crippen molar-refractivity contribution in [2.45, 2.75) is 143 Å². The number of carbonyl (C=O) groups is 6. The summed E-state index contributed by atoms with van der Waals surface area (Å²) in [5, 5.41) is 26.5. The molecule has 0 saturated carbocycles. The molecule has 0 saturated heterocycles. The van der Waals surface area contributed by atoms with Crippen LogP contribution in [0.25, 0.3) is 45.0 Å². The molecule has 2 aliphatic heterocycles. The summed E-state index contributed by atoms with van der Waals surface area (Å²) < 4.78 is 35.5. The highest BCUT2D eigenvalue weighted by Crippen LogP contribution is 2.43. The SMILES string of the molecule is CCCCCCC(=O)OCCn1nnc2c1-c1ccccc1N(C(=O)CCNC(=O)CCCOCCCOC)Cc1ccccc1-2.CCCCCNC(=O)OCCn1nnc2c1-c1ccccc1CN(C(=O)CCNC(=O)CCCOCCCOC)c1ccccc1-2. The molecule has 6 aromatic rings. The Morgan fingerprint density at radius 1 is 0.435 bits per heavy atom. The van der Waals surface area contributed by atoms with Crippen LogP contribution in [0.1, 0.15) is 128 Å². The summed E-state index contributed by atoms with van der Waals surface area (Å²) in [6.07, 6.45) is 10.9. The fourth-order valence-corrected chi connectivity index (χ4v) is 10.8. The maximum absolute atomic E-state index is 13.8. The van der Waals surface area contributed by atoms with E-state index in [4.69, 9.17) is 28.4 Å². The Balaban J connectivity index is 0.000000261. The number of carbonyl (C=O) groups excluding carboxylic acids is 6. The van der Waals surface area contributed by atoms with Gasteiger partial charge in [-0.2, -0.15) is 0 Å². The first-order valence-electron chi connectivity index (χ1n) is 32.6. The summed E-state index contributed by atoms with van der Waals surface area (Å²) >= 11 is 0. The number of ether oxygens (including phenoxy) is 6. The zero-order valence-corrected chi connectivity index (χ0v) is 54.1. The van der Waals surface area contributed by atoms with Crippen LogP contribution in [0.5, 0.6) is 0 Å². The van der Waals surface area contributed by atoms with Crippen molar-refractivity contribution in [1.29, 1.82) is 0 Å². The van der Waals surface area contributed by atoms with Crippen molar-refractivity contribution in [3.8, 4) is 45.0 Å². The van der Waals surface area contributed by atoms with Gasteiger partial charge < -0.3 is 54.2 Å². The minimum absolute atomic E-state index is 0.104. The Morgan fingerprint density at radius 3 is 1.48 bits per heavy atom. The van der Waals surface area contributed by atoms with Crippen LogP contribution in [0.15, 0.2) is 97.1 Å². The van der Waals surface area contributed by atoms with Crippen LogP contribution in [-0.4, -0.2) is 152 Å². The van der Waals surface area contributed by atoms with Crippen molar-refractivity contribution in [3.63, 3.8) is 0 Å². The number of para-hydroxylation sites is 2. The van der Waals surface area contributed by atoms with Crippen LogP contribution in [0.2, 0.25) is 0 Å². The van der Waals surface area contributed by atoms with Gasteiger partial charge >= 0.3 is 12.1 Å². The number of nitrogens with one attached hydrogen (secondary N) is 3. The number of hydrogen-bond acceptors (Lipinski definition) is 16. The monoisotopic (exact) mass is 1270 g/mol. The van der Waals surface area contributed by atoms with E-state index in [-0.39, 0.29) is 68.7 Å². The second-order valence-electron chi connectivity index (χ2n) is 22.5. The molecule has 0 radical (unpaired) electrons. The quantitative estimate of drug-likeness (QED) is 0.0242. The Bertz CT molecular complexity index is 3280. The molecule has 2 aliphatic rings. The number of fused-ring (bicyclic) bond motifs is 10. The first kappa shape index (κ1) is 71.1. The minimum Gasteiger partial charge on any atom is -0.464 e. The lowest BCUT2D eigenvalue weighted by molar-refractivity contribution is -0.144. The average Bonchev–Trinajstić information content (AvgIpc) is 1.48. The van der Waals surface area contributed by atoms with E-state index < -0.39 is 6.09 Å². The highest BCUT2D eigenvalue weighted by molar-refractivity contribution is 6.01. The smallest absolute Gasteiger partial charge is 0.407 e. The van der Waals surface area contributed by atoms with Gasteiger partial charge in [0.2, 0.25) is 23.6 Å². The van der Waals surface area contributed by atoms with Gasteiger partial charge in [-0.05, 0) is 61.8 Å². The number of hydrogen-bond donors (Lipinski definition) is 3. The van der Waals surface area contributed by atoms with E-state index in [1.807, 2.05) is 97.1 Å². The summed E-state index contributed by atoms with van der Waals surface area (Å²) in [5.74, 6) is -0.638. The van der Waals surface area contributed by atoms with Crippen LogP contribution in [0.3, 0.4) is 0 Å². The molecule has 4 aromatic carbocycles. The van der Waals surface area contributed by atoms with E-state index >= 15 is 0 Å². The molecule has 92 heavy (non-hydrogen) atoms. The Labute approximate surface area is 540 Å². The Morgan fingerprint density at radius 2 is 0.902 bits per heavy atom. The molecule has 23 nitrogen and oxygen atoms in total. The molecule has 0 fully saturated rings. The third-order valence-corrected chi connectivity index (χ3v) is 15.5. The van der Waals surface area contributed by atoms with E-state index in [0.717, 1.165) is 120 Å². The standard InChI is InChI=1S/C35H47N5O6.C34H46N6O6/c1-3-4-5-6-18-33(43)46-25-21-40-35-29-15-9-10-16-30(29)39(26-27-13-7-8-14-28(27)34(35)37-38-40)32(42)19-20-36-31(41)17-11-23-45-24-12-22-44-2;1-3-4-9-18-36-34(43)46-24-20-40-33-27-13-6-5-12-26(27)25-39(29-15-8-7-14-28(29)32(33)37-38-40)31(42)17-19-35-30(41)16-10-22-45-23-11-21-44-2/h7-10,13-16H,3-6,11-12,17-26H2,1-2H3,(H,36,41);5-8,12-15H,3-4,9-11,16-25H2,1-2H3,(H,35,41)(H,36,43). The summed E-state index contributed by atoms with van der Waals surface area (Å²) in [6, 6.07) is 31.1. The van der Waals surface area contributed by atoms with Gasteiger partial charge in [-0.15, -0.1) is 10.2 Å². The van der Waals surface area contributed by atoms with Crippen molar-refractivity contribution in [2.75, 3.05) is 96.5 Å². The predicted molar refractivity (Wildman–Crippen MR) is 351 cm³/mol. The molecule has 2 aromatic heterocycles. The van der Waals surface area contributed by atoms with E-state index in [2.05, 4.69) is 50.4 Å². The summed E-state index contributed by atoms with van der Waals surface area (Å²) in [5.41, 5.74) is 9.62. The number of unbranched alkanes of at least 4 members (excludes halogenated alkanes) is 5. The molecule has 0 aliphatic carbocycles. The molecule has 23 heteroatoms. The zero-order valence-electron chi connectivity index (χ0n) is 54.1. The van der Waals surface area contributed by atoms with E-state index in [1.165, 1.54) is 0 Å². The van der Waals surface area contributed by atoms with Crippen LogP contribution < -0.4 is 25.8 Å². The molecule has 5 amide bonds. The first-order valence-corrected chi connectivity index (χ1v) is 32.6. The van der Waals surface area contributed by atoms with Gasteiger partial charge in [-0.25, -0.2) is 14.2 Å². The van der Waals surface area contributed by atoms with Crippen molar-refractivity contribution >= 4 is 47.1 Å². The Hall–Kier alpha value is -8.38. The number of amides is 5.